The van der Waals surface area contributed by atoms with Gasteiger partial charge in [-0.3, -0.25) is 24.0 Å². The van der Waals surface area contributed by atoms with Gasteiger partial charge in [0.1, 0.15) is 12.3 Å². The Hall–Kier alpha value is -3.14. The van der Waals surface area contributed by atoms with Crippen molar-refractivity contribution in [2.24, 2.45) is 7.05 Å². The van der Waals surface area contributed by atoms with E-state index in [0.717, 1.165) is 11.8 Å². The lowest BCUT2D eigenvalue weighted by Crippen LogP contribution is -2.44. The molecule has 0 spiro atoms. The first-order valence-electron chi connectivity index (χ1n) is 8.00. The number of hydrogen-bond acceptors (Lipinski definition) is 4. The predicted molar refractivity (Wildman–Crippen MR) is 90.8 cm³/mol. The number of imide groups is 1. The zero-order chi connectivity index (χ0) is 18.0. The second-order valence-electron chi connectivity index (χ2n) is 5.89. The van der Waals surface area contributed by atoms with Gasteiger partial charge in [0.15, 0.2) is 0 Å². The second-order valence-corrected chi connectivity index (χ2v) is 5.89. The summed E-state index contributed by atoms with van der Waals surface area (Å²) in [7, 11) is 1.64. The lowest BCUT2D eigenvalue weighted by Gasteiger charge is -2.21. The minimum Gasteiger partial charge on any atom is -0.303 e. The number of carbonyl (C=O) groups excluding carboxylic acids is 3. The van der Waals surface area contributed by atoms with Crippen LogP contribution in [0.15, 0.2) is 23.0 Å². The minimum absolute atomic E-state index is 0.208. The Labute approximate surface area is 143 Å². The molecule has 7 nitrogen and oxygen atoms in total. The van der Waals surface area contributed by atoms with Gasteiger partial charge >= 0.3 is 5.69 Å². The molecule has 1 aromatic carbocycles. The first-order valence-corrected chi connectivity index (χ1v) is 8.00. The summed E-state index contributed by atoms with van der Waals surface area (Å²) in [6.07, 6.45) is 2.20. The minimum atomic E-state index is -0.696. The third kappa shape index (κ3) is 3.11. The van der Waals surface area contributed by atoms with Crippen LogP contribution in [0.5, 0.6) is 0 Å². The first-order chi connectivity index (χ1) is 12.0. The third-order valence-electron chi connectivity index (χ3n) is 4.23. The summed E-state index contributed by atoms with van der Waals surface area (Å²) in [6, 6.07) is 4.62. The molecule has 1 fully saturated rings. The van der Waals surface area contributed by atoms with Gasteiger partial charge in [0, 0.05) is 31.9 Å². The zero-order valence-electron chi connectivity index (χ0n) is 13.7. The number of rotatable bonds is 3. The highest BCUT2D eigenvalue weighted by Crippen LogP contribution is 2.23. The second kappa shape index (κ2) is 6.77. The van der Waals surface area contributed by atoms with Crippen molar-refractivity contribution in [1.82, 2.24) is 14.5 Å². The Morgan fingerprint density at radius 3 is 2.80 bits per heavy atom. The molecule has 3 rings (SSSR count). The summed E-state index contributed by atoms with van der Waals surface area (Å²) in [5, 5.41) is 2.28. The van der Waals surface area contributed by atoms with E-state index < -0.39 is 11.9 Å². The number of aromatic nitrogens is 2. The van der Waals surface area contributed by atoms with Crippen LogP contribution in [-0.4, -0.2) is 27.2 Å². The first kappa shape index (κ1) is 16.7. The van der Waals surface area contributed by atoms with Gasteiger partial charge in [-0.05, 0) is 24.6 Å². The molecule has 0 aliphatic carbocycles. The number of imidazole rings is 1. The van der Waals surface area contributed by atoms with Crippen LogP contribution >= 0.6 is 0 Å². The van der Waals surface area contributed by atoms with Crippen molar-refractivity contribution in [3.63, 3.8) is 0 Å². The SMILES string of the molecule is Cn1c(=O)n(C2CCC(=O)NC2=O)c2ccc(C#CCCC=O)cc21. The number of amides is 2. The predicted octanol–water partition coefficient (Wildman–Crippen LogP) is 0.648. The van der Waals surface area contributed by atoms with Gasteiger partial charge < -0.3 is 4.79 Å². The molecule has 0 radical (unpaired) electrons. The molecule has 2 heterocycles. The molecule has 1 aromatic heterocycles. The molecular weight excluding hydrogens is 322 g/mol. The molecule has 1 atom stereocenters. The van der Waals surface area contributed by atoms with Gasteiger partial charge in [0.2, 0.25) is 11.8 Å². The van der Waals surface area contributed by atoms with Crippen LogP contribution in [-0.2, 0) is 21.4 Å². The van der Waals surface area contributed by atoms with Gasteiger partial charge in [0.05, 0.1) is 11.0 Å². The number of nitrogens with one attached hydrogen (secondary N) is 1. The van der Waals surface area contributed by atoms with Crippen LogP contribution in [0.4, 0.5) is 0 Å². The maximum absolute atomic E-state index is 12.6. The Morgan fingerprint density at radius 1 is 1.28 bits per heavy atom. The fourth-order valence-electron chi connectivity index (χ4n) is 2.97. The molecule has 2 amide bonds. The molecule has 0 saturated carbocycles. The van der Waals surface area contributed by atoms with Crippen molar-refractivity contribution in [3.8, 4) is 11.8 Å². The number of aldehydes is 1. The maximum atomic E-state index is 12.6. The Balaban J connectivity index is 2.03. The van der Waals surface area contributed by atoms with E-state index in [4.69, 9.17) is 0 Å². The molecule has 7 heteroatoms. The number of hydrogen-bond donors (Lipinski definition) is 1. The summed E-state index contributed by atoms with van der Waals surface area (Å²) in [4.78, 5) is 46.4. The van der Waals surface area contributed by atoms with E-state index in [2.05, 4.69) is 17.2 Å². The quantitative estimate of drug-likeness (QED) is 0.385. The van der Waals surface area contributed by atoms with Crippen LogP contribution in [0.1, 0.15) is 37.3 Å². The normalized spacial score (nSPS) is 17.1. The summed E-state index contributed by atoms with van der Waals surface area (Å²) >= 11 is 0. The number of aryl methyl sites for hydroxylation is 1. The van der Waals surface area contributed by atoms with Gasteiger partial charge in [-0.2, -0.15) is 0 Å². The van der Waals surface area contributed by atoms with Crippen molar-refractivity contribution in [2.45, 2.75) is 31.7 Å². The Bertz CT molecular complexity index is 987. The molecule has 2 aromatic rings. The van der Waals surface area contributed by atoms with E-state index >= 15 is 0 Å². The van der Waals surface area contributed by atoms with Crippen LogP contribution in [0.3, 0.4) is 0 Å². The lowest BCUT2D eigenvalue weighted by atomic mass is 10.1. The summed E-state index contributed by atoms with van der Waals surface area (Å²) < 4.78 is 2.90. The van der Waals surface area contributed by atoms with Crippen molar-refractivity contribution < 1.29 is 14.4 Å². The van der Waals surface area contributed by atoms with Crippen molar-refractivity contribution >= 4 is 29.1 Å². The summed E-state index contributed by atoms with van der Waals surface area (Å²) in [5.74, 6) is 5.10. The van der Waals surface area contributed by atoms with E-state index in [1.165, 1.54) is 9.13 Å². The molecule has 25 heavy (non-hydrogen) atoms. The third-order valence-corrected chi connectivity index (χ3v) is 4.23. The highest BCUT2D eigenvalue weighted by molar-refractivity contribution is 6.00. The summed E-state index contributed by atoms with van der Waals surface area (Å²) in [5.41, 5.74) is 1.71. The van der Waals surface area contributed by atoms with Gasteiger partial charge in [-0.15, -0.1) is 0 Å². The van der Waals surface area contributed by atoms with E-state index in [-0.39, 0.29) is 18.0 Å². The average molecular weight is 339 g/mol. The van der Waals surface area contributed by atoms with Gasteiger partial charge in [-0.1, -0.05) is 11.8 Å². The lowest BCUT2D eigenvalue weighted by molar-refractivity contribution is -0.135. The highest BCUT2D eigenvalue weighted by Gasteiger charge is 2.31. The van der Waals surface area contributed by atoms with E-state index in [9.17, 15) is 19.2 Å². The largest absolute Gasteiger partial charge is 0.329 e. The van der Waals surface area contributed by atoms with E-state index in [1.807, 2.05) is 0 Å². The van der Waals surface area contributed by atoms with Gasteiger partial charge in [-0.25, -0.2) is 4.79 Å². The Kier molecular flexibility index (Phi) is 4.52. The smallest absolute Gasteiger partial charge is 0.303 e. The number of piperidine rings is 1. The van der Waals surface area contributed by atoms with Gasteiger partial charge in [0.25, 0.3) is 0 Å². The molecule has 1 N–H and O–H groups in total. The molecule has 1 aliphatic heterocycles. The fraction of sp³-hybridized carbons (Fsp3) is 0.333. The topological polar surface area (TPSA) is 90.2 Å². The average Bonchev–Trinajstić information content (AvgIpc) is 2.83. The molecule has 0 bridgehead atoms. The molecule has 128 valence electrons. The number of nitrogens with zero attached hydrogens (tertiary/aromatic N) is 2. The Morgan fingerprint density at radius 2 is 2.08 bits per heavy atom. The van der Waals surface area contributed by atoms with Crippen LogP contribution in [0.25, 0.3) is 11.0 Å². The standard InChI is InChI=1S/C18H17N3O4/c1-20-15-11-12(5-3-2-4-10-22)6-7-13(15)21(18(20)25)14-8-9-16(23)19-17(14)24/h6-7,10-11,14H,2,4,8-9H2,1H3,(H,19,23,24). The van der Waals surface area contributed by atoms with Crippen molar-refractivity contribution in [1.29, 1.82) is 0 Å². The monoisotopic (exact) mass is 339 g/mol. The summed E-state index contributed by atoms with van der Waals surface area (Å²) in [6.45, 7) is 0. The number of fused-ring (bicyclic) bond motifs is 1. The van der Waals surface area contributed by atoms with E-state index in [1.54, 1.807) is 25.2 Å². The molecule has 1 unspecified atom stereocenters. The number of carbonyl (C=O) groups is 3. The van der Waals surface area contributed by atoms with Crippen LogP contribution < -0.4 is 11.0 Å². The van der Waals surface area contributed by atoms with Crippen LogP contribution in [0.2, 0.25) is 0 Å². The van der Waals surface area contributed by atoms with Crippen molar-refractivity contribution in [2.75, 3.05) is 0 Å². The zero-order valence-corrected chi connectivity index (χ0v) is 13.7. The number of benzene rings is 1. The van der Waals surface area contributed by atoms with Crippen LogP contribution in [0, 0.1) is 11.8 Å². The van der Waals surface area contributed by atoms with Crippen molar-refractivity contribution in [3.05, 3.63) is 34.2 Å². The highest BCUT2D eigenvalue weighted by atomic mass is 16.2. The maximum Gasteiger partial charge on any atom is 0.329 e. The number of unbranched alkanes of at least 4 members (excludes halogenated alkanes) is 1. The molecular formula is C18H17N3O4. The fourth-order valence-corrected chi connectivity index (χ4v) is 2.97. The van der Waals surface area contributed by atoms with E-state index in [0.29, 0.717) is 30.3 Å². The molecule has 1 aliphatic rings. The molecule has 1 saturated heterocycles.